The van der Waals surface area contributed by atoms with Crippen LogP contribution in [-0.4, -0.2) is 53.8 Å². The topological polar surface area (TPSA) is 58.6 Å². The van der Waals surface area contributed by atoms with Crippen LogP contribution in [0.4, 0.5) is 5.82 Å². The average molecular weight is 478 g/mol. The van der Waals surface area contributed by atoms with Crippen molar-refractivity contribution in [3.8, 4) is 17.0 Å². The highest BCUT2D eigenvalue weighted by atomic mass is 35.5. The number of carbonyl (C=O) groups excluding carboxylic acids is 1. The van der Waals surface area contributed by atoms with E-state index in [0.717, 1.165) is 17.1 Å². The summed E-state index contributed by atoms with van der Waals surface area (Å²) in [4.78, 5) is 16.4. The van der Waals surface area contributed by atoms with Gasteiger partial charge in [-0.05, 0) is 42.5 Å². The molecule has 1 saturated heterocycles. The van der Waals surface area contributed by atoms with Crippen LogP contribution in [0.15, 0.2) is 54.6 Å². The van der Waals surface area contributed by atoms with Gasteiger partial charge in [-0.2, -0.15) is 0 Å². The summed E-state index contributed by atoms with van der Waals surface area (Å²) in [5.41, 5.74) is 1.74. The summed E-state index contributed by atoms with van der Waals surface area (Å²) in [5, 5.41) is 10.3. The molecule has 0 atom stereocenters. The van der Waals surface area contributed by atoms with Crippen LogP contribution in [0.3, 0.4) is 0 Å². The van der Waals surface area contributed by atoms with Crippen LogP contribution in [0.5, 0.6) is 5.75 Å². The zero-order valence-electron chi connectivity index (χ0n) is 16.5. The van der Waals surface area contributed by atoms with Crippen LogP contribution in [-0.2, 0) is 4.79 Å². The number of rotatable bonds is 5. The van der Waals surface area contributed by atoms with Crippen LogP contribution in [0.1, 0.15) is 0 Å². The van der Waals surface area contributed by atoms with Gasteiger partial charge in [-0.3, -0.25) is 4.79 Å². The highest BCUT2D eigenvalue weighted by molar-refractivity contribution is 6.35. The molecule has 0 spiro atoms. The summed E-state index contributed by atoms with van der Waals surface area (Å²) in [5.74, 6) is 1.14. The van der Waals surface area contributed by atoms with E-state index in [-0.39, 0.29) is 12.5 Å². The second-order valence-electron chi connectivity index (χ2n) is 7.01. The molecule has 6 nitrogen and oxygen atoms in total. The number of carbonyl (C=O) groups is 1. The molecule has 0 saturated carbocycles. The largest absolute Gasteiger partial charge is 0.482 e. The Kier molecular flexibility index (Phi) is 6.80. The van der Waals surface area contributed by atoms with Crippen LogP contribution in [0, 0.1) is 0 Å². The van der Waals surface area contributed by atoms with E-state index in [9.17, 15) is 4.79 Å². The Hall–Kier alpha value is -2.54. The van der Waals surface area contributed by atoms with E-state index in [2.05, 4.69) is 15.1 Å². The number of piperazine rings is 1. The second kappa shape index (κ2) is 9.73. The number of nitrogens with zero attached hydrogens (tertiary/aromatic N) is 4. The molecule has 31 heavy (non-hydrogen) atoms. The molecule has 0 radical (unpaired) electrons. The first-order chi connectivity index (χ1) is 15.0. The highest BCUT2D eigenvalue weighted by Gasteiger charge is 2.22. The monoisotopic (exact) mass is 476 g/mol. The molecule has 0 unspecified atom stereocenters. The van der Waals surface area contributed by atoms with Gasteiger partial charge in [0.05, 0.1) is 10.7 Å². The molecule has 1 aliphatic rings. The fourth-order valence-electron chi connectivity index (χ4n) is 3.28. The van der Waals surface area contributed by atoms with Crippen molar-refractivity contribution in [3.05, 3.63) is 69.7 Å². The Labute approximate surface area is 195 Å². The van der Waals surface area contributed by atoms with Crippen LogP contribution < -0.4 is 9.64 Å². The number of amides is 1. The Bertz CT molecular complexity index is 1050. The van der Waals surface area contributed by atoms with Crippen molar-refractivity contribution < 1.29 is 9.53 Å². The summed E-state index contributed by atoms with van der Waals surface area (Å²) in [6.45, 7) is 2.43. The summed E-state index contributed by atoms with van der Waals surface area (Å²) in [6, 6.07) is 16.3. The molecule has 9 heteroatoms. The Balaban J connectivity index is 1.29. The lowest BCUT2D eigenvalue weighted by Gasteiger charge is -2.35. The Morgan fingerprint density at radius 2 is 1.58 bits per heavy atom. The molecule has 2 aromatic carbocycles. The van der Waals surface area contributed by atoms with E-state index in [1.807, 2.05) is 36.4 Å². The molecule has 0 N–H and O–H groups in total. The van der Waals surface area contributed by atoms with Crippen molar-refractivity contribution in [2.75, 3.05) is 37.7 Å². The molecular formula is C22H19Cl3N4O2. The van der Waals surface area contributed by atoms with Gasteiger partial charge < -0.3 is 14.5 Å². The summed E-state index contributed by atoms with van der Waals surface area (Å²) in [6.07, 6.45) is 0. The molecule has 0 aliphatic carbocycles. The predicted octanol–water partition coefficient (Wildman–Crippen LogP) is 4.83. The number of halogens is 3. The zero-order chi connectivity index (χ0) is 21.8. The van der Waals surface area contributed by atoms with Gasteiger partial charge in [0.2, 0.25) is 0 Å². The average Bonchev–Trinajstić information content (AvgIpc) is 2.79. The molecule has 3 aromatic rings. The van der Waals surface area contributed by atoms with Gasteiger partial charge in [-0.25, -0.2) is 0 Å². The summed E-state index contributed by atoms with van der Waals surface area (Å²) < 4.78 is 5.55. The van der Waals surface area contributed by atoms with Crippen LogP contribution in [0.2, 0.25) is 15.1 Å². The SMILES string of the molecule is O=C(COc1ccc(Cl)cc1Cl)N1CCN(c2ccc(-c3ccc(Cl)cc3)nn2)CC1. The first-order valence-corrected chi connectivity index (χ1v) is 10.8. The highest BCUT2D eigenvalue weighted by Crippen LogP contribution is 2.27. The van der Waals surface area contributed by atoms with Crippen molar-refractivity contribution in [1.82, 2.24) is 15.1 Å². The van der Waals surface area contributed by atoms with E-state index in [0.29, 0.717) is 47.0 Å². The molecular weight excluding hydrogens is 459 g/mol. The van der Waals surface area contributed by atoms with Crippen molar-refractivity contribution in [2.24, 2.45) is 0 Å². The van der Waals surface area contributed by atoms with E-state index < -0.39 is 0 Å². The maximum atomic E-state index is 12.5. The Morgan fingerprint density at radius 3 is 2.23 bits per heavy atom. The molecule has 160 valence electrons. The first kappa shape index (κ1) is 21.7. The van der Waals surface area contributed by atoms with E-state index >= 15 is 0 Å². The molecule has 0 bridgehead atoms. The second-order valence-corrected chi connectivity index (χ2v) is 8.29. The van der Waals surface area contributed by atoms with Gasteiger partial charge in [-0.1, -0.05) is 46.9 Å². The van der Waals surface area contributed by atoms with Gasteiger partial charge in [0.25, 0.3) is 5.91 Å². The van der Waals surface area contributed by atoms with Gasteiger partial charge in [0.1, 0.15) is 5.75 Å². The number of benzene rings is 2. The molecule has 1 fully saturated rings. The van der Waals surface area contributed by atoms with Crippen molar-refractivity contribution >= 4 is 46.5 Å². The van der Waals surface area contributed by atoms with Gasteiger partial charge >= 0.3 is 0 Å². The van der Waals surface area contributed by atoms with Gasteiger partial charge in [-0.15, -0.1) is 10.2 Å². The minimum absolute atomic E-state index is 0.0725. The van der Waals surface area contributed by atoms with E-state index in [4.69, 9.17) is 39.5 Å². The van der Waals surface area contributed by atoms with E-state index in [1.54, 1.807) is 23.1 Å². The summed E-state index contributed by atoms with van der Waals surface area (Å²) >= 11 is 17.9. The zero-order valence-corrected chi connectivity index (χ0v) is 18.7. The molecule has 2 heterocycles. The van der Waals surface area contributed by atoms with Crippen molar-refractivity contribution in [3.63, 3.8) is 0 Å². The lowest BCUT2D eigenvalue weighted by Crippen LogP contribution is -2.50. The standard InChI is InChI=1S/C22H19Cl3N4O2/c23-16-3-1-15(2-4-16)19-6-8-21(27-26-19)28-9-11-29(12-10-28)22(30)14-31-20-7-5-17(24)13-18(20)25/h1-8,13H,9-12,14H2. The van der Waals surface area contributed by atoms with Crippen molar-refractivity contribution in [1.29, 1.82) is 0 Å². The Morgan fingerprint density at radius 1 is 0.871 bits per heavy atom. The minimum atomic E-state index is -0.0881. The molecule has 1 aliphatic heterocycles. The van der Waals surface area contributed by atoms with Crippen LogP contribution >= 0.6 is 34.8 Å². The number of anilines is 1. The quantitative estimate of drug-likeness (QED) is 0.527. The smallest absolute Gasteiger partial charge is 0.260 e. The third-order valence-electron chi connectivity index (χ3n) is 4.99. The normalized spacial score (nSPS) is 13.9. The fraction of sp³-hybridized carbons (Fsp3) is 0.227. The summed E-state index contributed by atoms with van der Waals surface area (Å²) in [7, 11) is 0. The lowest BCUT2D eigenvalue weighted by atomic mass is 10.1. The molecule has 1 aromatic heterocycles. The predicted molar refractivity (Wildman–Crippen MR) is 123 cm³/mol. The van der Waals surface area contributed by atoms with E-state index in [1.165, 1.54) is 0 Å². The number of ether oxygens (including phenoxy) is 1. The minimum Gasteiger partial charge on any atom is -0.482 e. The van der Waals surface area contributed by atoms with Crippen LogP contribution in [0.25, 0.3) is 11.3 Å². The van der Waals surface area contributed by atoms with Gasteiger partial charge in [0.15, 0.2) is 12.4 Å². The number of hydrogen-bond acceptors (Lipinski definition) is 5. The maximum absolute atomic E-state index is 12.5. The number of aromatic nitrogens is 2. The number of hydrogen-bond donors (Lipinski definition) is 0. The molecule has 1 amide bonds. The van der Waals surface area contributed by atoms with Gasteiger partial charge in [0, 0.05) is 41.8 Å². The molecule has 4 rings (SSSR count). The lowest BCUT2D eigenvalue weighted by molar-refractivity contribution is -0.133. The first-order valence-electron chi connectivity index (χ1n) is 9.70. The maximum Gasteiger partial charge on any atom is 0.260 e. The third kappa shape index (κ3) is 5.39. The third-order valence-corrected chi connectivity index (χ3v) is 5.77. The van der Waals surface area contributed by atoms with Crippen molar-refractivity contribution in [2.45, 2.75) is 0 Å². The fourth-order valence-corrected chi connectivity index (χ4v) is 3.87.